The van der Waals surface area contributed by atoms with Crippen molar-refractivity contribution in [3.63, 3.8) is 0 Å². The van der Waals surface area contributed by atoms with Crippen LogP contribution in [-0.2, 0) is 19.7 Å². The van der Waals surface area contributed by atoms with Gasteiger partial charge in [0, 0.05) is 31.9 Å². The standard InChI is InChI=1S/C33H32N2O3/c1-26(36)35-24-33(31-21-30(17-18-32(31)35)38-25-29-15-9-4-10-16-29)37-20-19-34(22-27-11-5-2-6-12-27)23-28-13-7-3-8-14-28/h2-18,21,24H,19-20,22-23,25H2,1H3. The highest BCUT2D eigenvalue weighted by Crippen LogP contribution is 2.32. The van der Waals surface area contributed by atoms with Crippen molar-refractivity contribution in [3.8, 4) is 11.5 Å². The number of fused-ring (bicyclic) bond motifs is 1. The molecule has 0 saturated carbocycles. The van der Waals surface area contributed by atoms with Crippen LogP contribution in [0.3, 0.4) is 0 Å². The van der Waals surface area contributed by atoms with Gasteiger partial charge >= 0.3 is 0 Å². The topological polar surface area (TPSA) is 43.7 Å². The van der Waals surface area contributed by atoms with E-state index in [9.17, 15) is 4.79 Å². The van der Waals surface area contributed by atoms with Gasteiger partial charge in [0.15, 0.2) is 0 Å². The van der Waals surface area contributed by atoms with Gasteiger partial charge in [-0.25, -0.2) is 0 Å². The average Bonchev–Trinajstić information content (AvgIpc) is 3.32. The van der Waals surface area contributed by atoms with E-state index in [2.05, 4.69) is 53.4 Å². The molecule has 5 heteroatoms. The van der Waals surface area contributed by atoms with Crippen molar-refractivity contribution >= 4 is 16.8 Å². The Hall–Kier alpha value is -4.35. The second kappa shape index (κ2) is 12.3. The van der Waals surface area contributed by atoms with Crippen LogP contribution in [0.1, 0.15) is 28.4 Å². The molecule has 5 aromatic rings. The molecular formula is C33H32N2O3. The van der Waals surface area contributed by atoms with E-state index in [0.717, 1.165) is 41.9 Å². The highest BCUT2D eigenvalue weighted by molar-refractivity contribution is 5.96. The number of ether oxygens (including phenoxy) is 2. The molecule has 0 N–H and O–H groups in total. The molecule has 0 atom stereocenters. The fourth-order valence-corrected chi connectivity index (χ4v) is 4.57. The van der Waals surface area contributed by atoms with Gasteiger partial charge in [0.1, 0.15) is 24.7 Å². The Morgan fingerprint density at radius 1 is 0.737 bits per heavy atom. The third kappa shape index (κ3) is 6.50. The molecule has 0 fully saturated rings. The van der Waals surface area contributed by atoms with Gasteiger partial charge in [-0.15, -0.1) is 0 Å². The van der Waals surface area contributed by atoms with Crippen LogP contribution < -0.4 is 9.47 Å². The van der Waals surface area contributed by atoms with Crippen molar-refractivity contribution in [2.45, 2.75) is 26.6 Å². The van der Waals surface area contributed by atoms with Crippen molar-refractivity contribution < 1.29 is 14.3 Å². The average molecular weight is 505 g/mol. The third-order valence-electron chi connectivity index (χ3n) is 6.49. The van der Waals surface area contributed by atoms with Crippen LogP contribution in [0.4, 0.5) is 0 Å². The smallest absolute Gasteiger partial charge is 0.228 e. The lowest BCUT2D eigenvalue weighted by molar-refractivity contribution is 0.0940. The first-order chi connectivity index (χ1) is 18.7. The molecule has 38 heavy (non-hydrogen) atoms. The quantitative estimate of drug-likeness (QED) is 0.195. The Morgan fingerprint density at radius 3 is 1.89 bits per heavy atom. The maximum absolute atomic E-state index is 12.3. The number of hydrogen-bond acceptors (Lipinski definition) is 4. The summed E-state index contributed by atoms with van der Waals surface area (Å²) < 4.78 is 14.0. The van der Waals surface area contributed by atoms with Crippen LogP contribution in [-0.4, -0.2) is 28.5 Å². The van der Waals surface area contributed by atoms with E-state index < -0.39 is 0 Å². The first kappa shape index (κ1) is 25.3. The molecule has 5 nitrogen and oxygen atoms in total. The van der Waals surface area contributed by atoms with Crippen LogP contribution in [0.15, 0.2) is 115 Å². The van der Waals surface area contributed by atoms with E-state index in [0.29, 0.717) is 19.0 Å². The Labute approximate surface area is 223 Å². The maximum Gasteiger partial charge on any atom is 0.228 e. The summed E-state index contributed by atoms with van der Waals surface area (Å²) in [5.41, 5.74) is 4.43. The summed E-state index contributed by atoms with van der Waals surface area (Å²) in [6.45, 7) is 4.92. The molecule has 0 bridgehead atoms. The minimum atomic E-state index is -0.0578. The Morgan fingerprint density at radius 2 is 1.32 bits per heavy atom. The lowest BCUT2D eigenvalue weighted by atomic mass is 10.1. The van der Waals surface area contributed by atoms with E-state index in [1.54, 1.807) is 17.7 Å². The van der Waals surface area contributed by atoms with E-state index >= 15 is 0 Å². The zero-order valence-electron chi connectivity index (χ0n) is 21.6. The first-order valence-corrected chi connectivity index (χ1v) is 12.9. The summed E-state index contributed by atoms with van der Waals surface area (Å²) in [6.07, 6.45) is 1.78. The molecular weight excluding hydrogens is 472 g/mol. The molecule has 0 saturated heterocycles. The van der Waals surface area contributed by atoms with Gasteiger partial charge in [0.2, 0.25) is 5.91 Å². The molecule has 0 aliphatic rings. The van der Waals surface area contributed by atoms with Gasteiger partial charge in [-0.3, -0.25) is 14.3 Å². The van der Waals surface area contributed by atoms with Crippen LogP contribution in [0.2, 0.25) is 0 Å². The summed E-state index contributed by atoms with van der Waals surface area (Å²) in [6, 6.07) is 36.8. The monoisotopic (exact) mass is 504 g/mol. The maximum atomic E-state index is 12.3. The van der Waals surface area contributed by atoms with Crippen molar-refractivity contribution in [3.05, 3.63) is 132 Å². The van der Waals surface area contributed by atoms with Crippen molar-refractivity contribution in [2.24, 2.45) is 0 Å². The molecule has 1 heterocycles. The Bertz CT molecular complexity index is 1420. The van der Waals surface area contributed by atoms with Gasteiger partial charge in [0.25, 0.3) is 0 Å². The van der Waals surface area contributed by atoms with Gasteiger partial charge in [0.05, 0.1) is 11.7 Å². The van der Waals surface area contributed by atoms with E-state index in [1.165, 1.54) is 11.1 Å². The third-order valence-corrected chi connectivity index (χ3v) is 6.49. The van der Waals surface area contributed by atoms with E-state index in [1.807, 2.05) is 60.7 Å². The van der Waals surface area contributed by atoms with Crippen LogP contribution in [0, 0.1) is 0 Å². The molecule has 0 amide bonds. The Balaban J connectivity index is 1.31. The van der Waals surface area contributed by atoms with Crippen molar-refractivity contribution in [1.82, 2.24) is 9.47 Å². The summed E-state index contributed by atoms with van der Waals surface area (Å²) in [5.74, 6) is 1.36. The number of hydrogen-bond donors (Lipinski definition) is 0. The number of aromatic nitrogens is 1. The normalized spacial score (nSPS) is 11.1. The number of nitrogens with zero attached hydrogens (tertiary/aromatic N) is 2. The highest BCUT2D eigenvalue weighted by Gasteiger charge is 2.15. The van der Waals surface area contributed by atoms with Gasteiger partial charge in [-0.2, -0.15) is 0 Å². The van der Waals surface area contributed by atoms with Crippen molar-refractivity contribution in [1.29, 1.82) is 0 Å². The molecule has 0 aliphatic heterocycles. The zero-order valence-corrected chi connectivity index (χ0v) is 21.6. The van der Waals surface area contributed by atoms with E-state index in [4.69, 9.17) is 9.47 Å². The first-order valence-electron chi connectivity index (χ1n) is 12.9. The fourth-order valence-electron chi connectivity index (χ4n) is 4.57. The van der Waals surface area contributed by atoms with Crippen LogP contribution >= 0.6 is 0 Å². The van der Waals surface area contributed by atoms with Gasteiger partial charge in [-0.1, -0.05) is 91.0 Å². The summed E-state index contributed by atoms with van der Waals surface area (Å²) in [5, 5.41) is 0.864. The lowest BCUT2D eigenvalue weighted by Gasteiger charge is -2.22. The molecule has 0 unspecified atom stereocenters. The number of benzene rings is 4. The summed E-state index contributed by atoms with van der Waals surface area (Å²) in [7, 11) is 0. The second-order valence-corrected chi connectivity index (χ2v) is 9.37. The van der Waals surface area contributed by atoms with Crippen LogP contribution in [0.25, 0.3) is 10.9 Å². The summed E-state index contributed by atoms with van der Waals surface area (Å²) in [4.78, 5) is 14.7. The summed E-state index contributed by atoms with van der Waals surface area (Å²) >= 11 is 0. The second-order valence-electron chi connectivity index (χ2n) is 9.37. The molecule has 1 aromatic heterocycles. The fraction of sp³-hybridized carbons (Fsp3) is 0.182. The number of carbonyl (C=O) groups is 1. The lowest BCUT2D eigenvalue weighted by Crippen LogP contribution is -2.27. The zero-order chi connectivity index (χ0) is 26.2. The molecule has 4 aromatic carbocycles. The molecule has 192 valence electrons. The highest BCUT2D eigenvalue weighted by atomic mass is 16.5. The van der Waals surface area contributed by atoms with Crippen molar-refractivity contribution in [2.75, 3.05) is 13.2 Å². The van der Waals surface area contributed by atoms with E-state index in [-0.39, 0.29) is 5.91 Å². The SMILES string of the molecule is CC(=O)n1cc(OCCN(Cc2ccccc2)Cc2ccccc2)c2cc(OCc3ccccc3)ccc21. The van der Waals surface area contributed by atoms with Gasteiger partial charge in [-0.05, 0) is 34.9 Å². The minimum absolute atomic E-state index is 0.0578. The number of rotatable bonds is 11. The number of carbonyl (C=O) groups excluding carboxylic acids is 1. The Kier molecular flexibility index (Phi) is 8.16. The largest absolute Gasteiger partial charge is 0.490 e. The van der Waals surface area contributed by atoms with Gasteiger partial charge < -0.3 is 9.47 Å². The molecule has 0 radical (unpaired) electrons. The molecule has 0 aliphatic carbocycles. The molecule has 0 spiro atoms. The predicted octanol–water partition coefficient (Wildman–Crippen LogP) is 6.96. The predicted molar refractivity (Wildman–Crippen MR) is 152 cm³/mol. The van der Waals surface area contributed by atoms with Crippen LogP contribution in [0.5, 0.6) is 11.5 Å². The molecule has 5 rings (SSSR count). The minimum Gasteiger partial charge on any atom is -0.490 e.